The van der Waals surface area contributed by atoms with Gasteiger partial charge in [0, 0.05) is 23.7 Å². The molecule has 3 aromatic heterocycles. The lowest BCUT2D eigenvalue weighted by Gasteiger charge is -2.34. The van der Waals surface area contributed by atoms with E-state index >= 15 is 0 Å². The van der Waals surface area contributed by atoms with E-state index in [-0.39, 0.29) is 47.9 Å². The van der Waals surface area contributed by atoms with E-state index in [4.69, 9.17) is 19.4 Å². The second kappa shape index (κ2) is 10.9. The summed E-state index contributed by atoms with van der Waals surface area (Å²) < 4.78 is 36.1. The number of aromatic nitrogens is 3. The molecule has 1 amide bonds. The summed E-state index contributed by atoms with van der Waals surface area (Å²) in [6.45, 7) is 4.77. The van der Waals surface area contributed by atoms with Gasteiger partial charge in [0.15, 0.2) is 9.84 Å². The molecule has 10 nitrogen and oxygen atoms in total. The minimum Gasteiger partial charge on any atom is -0.377 e. The molecule has 1 atom stereocenters. The number of hydrogen-bond acceptors (Lipinski definition) is 9. The molecule has 0 saturated carbocycles. The third-order valence-electron chi connectivity index (χ3n) is 7.14. The lowest BCUT2D eigenvalue weighted by molar-refractivity contribution is 0.0950. The molecule has 0 spiro atoms. The predicted octanol–water partition coefficient (Wildman–Crippen LogP) is 3.15. The third-order valence-corrected chi connectivity index (χ3v) is 8.89. The number of carbonyl (C=O) groups excluding carboxylic acids is 1. The van der Waals surface area contributed by atoms with E-state index in [2.05, 4.69) is 22.1 Å². The molecule has 4 aromatic rings. The molecule has 2 aliphatic heterocycles. The van der Waals surface area contributed by atoms with Crippen LogP contribution in [0.25, 0.3) is 22.3 Å². The summed E-state index contributed by atoms with van der Waals surface area (Å²) in [6.07, 6.45) is 1.72. The van der Waals surface area contributed by atoms with Crippen LogP contribution in [-0.2, 0) is 32.5 Å². The predicted molar refractivity (Wildman–Crippen MR) is 150 cm³/mol. The minimum absolute atomic E-state index is 0.104. The summed E-state index contributed by atoms with van der Waals surface area (Å²) in [7, 11) is -3.50. The fraction of sp³-hybridized carbons (Fsp3) is 0.310. The largest absolute Gasteiger partial charge is 0.377 e. The van der Waals surface area contributed by atoms with Crippen LogP contribution in [0.1, 0.15) is 28.5 Å². The van der Waals surface area contributed by atoms with Crippen LogP contribution in [-0.4, -0.2) is 67.4 Å². The number of hydrogen-bond donors (Lipinski definition) is 1. The number of nitrogens with zero attached hydrogens (tertiary/aromatic N) is 4. The molecule has 1 saturated heterocycles. The number of benzene rings is 1. The highest BCUT2D eigenvalue weighted by Crippen LogP contribution is 2.25. The number of pyridine rings is 3. The van der Waals surface area contributed by atoms with Crippen molar-refractivity contribution in [3.05, 3.63) is 77.6 Å². The Bertz CT molecular complexity index is 1690. The number of fused-ring (bicyclic) bond motifs is 2. The van der Waals surface area contributed by atoms with Crippen LogP contribution in [0.15, 0.2) is 65.7 Å². The highest BCUT2D eigenvalue weighted by Gasteiger charge is 2.24. The highest BCUT2D eigenvalue weighted by molar-refractivity contribution is 7.91. The molecule has 40 heavy (non-hydrogen) atoms. The van der Waals surface area contributed by atoms with Crippen molar-refractivity contribution in [1.82, 2.24) is 20.3 Å². The second-order valence-corrected chi connectivity index (χ2v) is 12.0. The van der Waals surface area contributed by atoms with Crippen molar-refractivity contribution in [3.63, 3.8) is 0 Å². The lowest BCUT2D eigenvalue weighted by atomic mass is 10.1. The van der Waals surface area contributed by atoms with E-state index in [0.29, 0.717) is 24.5 Å². The van der Waals surface area contributed by atoms with Gasteiger partial charge < -0.3 is 19.7 Å². The average molecular weight is 560 g/mol. The van der Waals surface area contributed by atoms with Crippen molar-refractivity contribution in [3.8, 4) is 11.4 Å². The third kappa shape index (κ3) is 5.40. The van der Waals surface area contributed by atoms with Crippen molar-refractivity contribution in [2.24, 2.45) is 0 Å². The highest BCUT2D eigenvalue weighted by atomic mass is 32.2. The van der Waals surface area contributed by atoms with E-state index in [1.54, 1.807) is 18.3 Å². The number of carbonyl (C=O) groups is 1. The van der Waals surface area contributed by atoms with Crippen LogP contribution < -0.4 is 10.2 Å². The van der Waals surface area contributed by atoms with Gasteiger partial charge in [-0.25, -0.2) is 18.4 Å². The summed E-state index contributed by atoms with van der Waals surface area (Å²) >= 11 is 0. The number of sulfone groups is 1. The van der Waals surface area contributed by atoms with Crippen molar-refractivity contribution in [2.75, 3.05) is 37.0 Å². The summed E-state index contributed by atoms with van der Waals surface area (Å²) in [6, 6.07) is 16.6. The summed E-state index contributed by atoms with van der Waals surface area (Å²) in [5.74, 6) is 0.407. The van der Waals surface area contributed by atoms with Gasteiger partial charge in [-0.15, -0.1) is 0 Å². The van der Waals surface area contributed by atoms with Gasteiger partial charge in [-0.05, 0) is 55.0 Å². The zero-order valence-electron chi connectivity index (χ0n) is 22.0. The first-order valence-corrected chi connectivity index (χ1v) is 14.8. The molecule has 6 rings (SSSR count). The van der Waals surface area contributed by atoms with E-state index < -0.39 is 9.84 Å². The van der Waals surface area contributed by atoms with Crippen LogP contribution in [0.3, 0.4) is 0 Å². The molecule has 2 aliphatic rings. The monoisotopic (exact) mass is 559 g/mol. The Morgan fingerprint density at radius 1 is 1.05 bits per heavy atom. The van der Waals surface area contributed by atoms with Gasteiger partial charge in [0.25, 0.3) is 5.91 Å². The quantitative estimate of drug-likeness (QED) is 0.393. The van der Waals surface area contributed by atoms with Gasteiger partial charge in [-0.3, -0.25) is 9.78 Å². The van der Waals surface area contributed by atoms with Gasteiger partial charge in [0.05, 0.1) is 72.3 Å². The fourth-order valence-corrected chi connectivity index (χ4v) is 6.32. The van der Waals surface area contributed by atoms with Gasteiger partial charge in [0.2, 0.25) is 0 Å². The maximum Gasteiger partial charge on any atom is 0.251 e. The number of anilines is 1. The fourth-order valence-electron chi connectivity index (χ4n) is 4.93. The number of ether oxygens (including phenoxy) is 2. The SMILES string of the molecule is C[C@@H]1COCCN1c1cccc(-c2ccc3cnc(CNC(=O)c4ccc5c(c4)S(=O)(=O)CCOC5)cc3n2)n1. The standard InChI is InChI=1S/C29H29N5O5S/c1-19-17-38-10-9-34(19)28-4-2-3-24(33-28)25-8-7-21-15-30-23(14-26(21)32-25)16-31-29(35)20-5-6-22-18-39-11-12-40(36,37)27(22)13-20/h2-8,13-15,19H,9-12,16-18H2,1H3,(H,31,35)/t19-/m1/s1. The van der Waals surface area contributed by atoms with Crippen LogP contribution in [0.2, 0.25) is 0 Å². The van der Waals surface area contributed by atoms with E-state index in [0.717, 1.165) is 34.7 Å². The van der Waals surface area contributed by atoms with E-state index in [1.807, 2.05) is 36.4 Å². The van der Waals surface area contributed by atoms with Crippen LogP contribution in [0, 0.1) is 0 Å². The van der Waals surface area contributed by atoms with Crippen molar-refractivity contribution < 1.29 is 22.7 Å². The molecule has 0 bridgehead atoms. The van der Waals surface area contributed by atoms with E-state index in [9.17, 15) is 13.2 Å². The van der Waals surface area contributed by atoms with Crippen molar-refractivity contribution in [1.29, 1.82) is 0 Å². The summed E-state index contributed by atoms with van der Waals surface area (Å²) in [5.41, 5.74) is 3.71. The molecular formula is C29H29N5O5S. The van der Waals surface area contributed by atoms with Crippen molar-refractivity contribution in [2.45, 2.75) is 31.0 Å². The van der Waals surface area contributed by atoms with Crippen LogP contribution >= 0.6 is 0 Å². The maximum absolute atomic E-state index is 12.9. The first kappa shape index (κ1) is 26.3. The Hall–Kier alpha value is -3.93. The molecule has 0 unspecified atom stereocenters. The first-order valence-electron chi connectivity index (χ1n) is 13.2. The smallest absolute Gasteiger partial charge is 0.251 e. The summed E-state index contributed by atoms with van der Waals surface area (Å²) in [4.78, 5) is 29.4. The topological polar surface area (TPSA) is 124 Å². The molecule has 1 aromatic carbocycles. The Balaban J connectivity index is 1.20. The molecular weight excluding hydrogens is 530 g/mol. The Morgan fingerprint density at radius 2 is 1.93 bits per heavy atom. The zero-order chi connectivity index (χ0) is 27.7. The number of rotatable bonds is 5. The Morgan fingerprint density at radius 3 is 2.80 bits per heavy atom. The van der Waals surface area contributed by atoms with Crippen LogP contribution in [0.5, 0.6) is 0 Å². The lowest BCUT2D eigenvalue weighted by Crippen LogP contribution is -2.44. The van der Waals surface area contributed by atoms with Gasteiger partial charge in [-0.2, -0.15) is 0 Å². The van der Waals surface area contributed by atoms with Crippen LogP contribution in [0.4, 0.5) is 5.82 Å². The molecule has 5 heterocycles. The molecule has 0 radical (unpaired) electrons. The number of morpholine rings is 1. The number of amides is 1. The second-order valence-electron chi connectivity index (χ2n) is 9.94. The molecule has 1 fully saturated rings. The van der Waals surface area contributed by atoms with E-state index in [1.165, 1.54) is 6.07 Å². The Labute approximate surface area is 232 Å². The molecule has 206 valence electrons. The number of nitrogens with one attached hydrogen (secondary N) is 1. The maximum atomic E-state index is 12.9. The Kier molecular flexibility index (Phi) is 7.18. The summed E-state index contributed by atoms with van der Waals surface area (Å²) in [5, 5.41) is 3.71. The van der Waals surface area contributed by atoms with Crippen molar-refractivity contribution >= 4 is 32.5 Å². The zero-order valence-corrected chi connectivity index (χ0v) is 22.9. The van der Waals surface area contributed by atoms with Gasteiger partial charge in [-0.1, -0.05) is 12.1 Å². The normalized spacial score (nSPS) is 18.6. The van der Waals surface area contributed by atoms with Gasteiger partial charge >= 0.3 is 0 Å². The molecule has 11 heteroatoms. The van der Waals surface area contributed by atoms with Gasteiger partial charge in [0.1, 0.15) is 5.82 Å². The minimum atomic E-state index is -3.50. The molecule has 1 N–H and O–H groups in total. The average Bonchev–Trinajstić information content (AvgIpc) is 3.13. The molecule has 0 aliphatic carbocycles. The first-order chi connectivity index (χ1) is 19.4.